The highest BCUT2D eigenvalue weighted by Gasteiger charge is 2.25. The first kappa shape index (κ1) is 17.7. The number of aromatic nitrogens is 1. The van der Waals surface area contributed by atoms with Crippen molar-refractivity contribution in [2.75, 3.05) is 20.2 Å². The van der Waals surface area contributed by atoms with E-state index in [0.29, 0.717) is 31.5 Å². The van der Waals surface area contributed by atoms with Crippen molar-refractivity contribution in [2.24, 2.45) is 0 Å². The van der Waals surface area contributed by atoms with Crippen molar-refractivity contribution < 1.29 is 19.4 Å². The first-order valence-corrected chi connectivity index (χ1v) is 8.44. The molecule has 0 unspecified atom stereocenters. The van der Waals surface area contributed by atoms with Gasteiger partial charge in [0.25, 0.3) is 0 Å². The second-order valence-corrected chi connectivity index (χ2v) is 6.09. The fourth-order valence-electron chi connectivity index (χ4n) is 3.03. The number of benzene rings is 1. The van der Waals surface area contributed by atoms with Crippen LogP contribution in [0.5, 0.6) is 5.75 Å². The molecule has 2 heterocycles. The van der Waals surface area contributed by atoms with Crippen LogP contribution in [-0.2, 0) is 19.4 Å². The number of carbonyl (C=O) groups excluding carboxylic acids is 1. The normalized spacial score (nSPS) is 13.0. The van der Waals surface area contributed by atoms with Crippen LogP contribution in [0.15, 0.2) is 36.5 Å². The second kappa shape index (κ2) is 7.86. The van der Waals surface area contributed by atoms with E-state index in [0.717, 1.165) is 17.0 Å². The first-order chi connectivity index (χ1) is 12.6. The van der Waals surface area contributed by atoms with Crippen LogP contribution in [-0.4, -0.2) is 47.2 Å². The molecule has 7 nitrogen and oxygen atoms in total. The van der Waals surface area contributed by atoms with Gasteiger partial charge >= 0.3 is 12.0 Å². The lowest BCUT2D eigenvalue weighted by molar-refractivity contribution is 0.0693. The predicted octanol–water partition coefficient (Wildman–Crippen LogP) is 2.10. The van der Waals surface area contributed by atoms with Gasteiger partial charge in [-0.05, 0) is 30.2 Å². The van der Waals surface area contributed by atoms with Crippen LogP contribution in [0.25, 0.3) is 0 Å². The molecule has 0 fully saturated rings. The third-order valence-electron chi connectivity index (χ3n) is 4.48. The van der Waals surface area contributed by atoms with Crippen LogP contribution in [0, 0.1) is 0 Å². The predicted molar refractivity (Wildman–Crippen MR) is 95.4 cm³/mol. The van der Waals surface area contributed by atoms with Crippen LogP contribution in [0.1, 0.15) is 27.2 Å². The molecular weight excluding hydrogens is 334 g/mol. The first-order valence-electron chi connectivity index (χ1n) is 8.44. The highest BCUT2D eigenvalue weighted by molar-refractivity contribution is 5.89. The molecule has 1 aliphatic rings. The fraction of sp³-hybridized carbons (Fsp3) is 0.316. The summed E-state index contributed by atoms with van der Waals surface area (Å²) < 4.78 is 5.12. The summed E-state index contributed by atoms with van der Waals surface area (Å²) in [5, 5.41) is 12.2. The molecule has 0 saturated heterocycles. The number of carbonyl (C=O) groups is 2. The smallest absolute Gasteiger partial charge is 0.336 e. The summed E-state index contributed by atoms with van der Waals surface area (Å²) in [7, 11) is 1.62. The second-order valence-electron chi connectivity index (χ2n) is 6.09. The van der Waals surface area contributed by atoms with E-state index in [2.05, 4.69) is 10.3 Å². The van der Waals surface area contributed by atoms with Gasteiger partial charge in [-0.1, -0.05) is 12.1 Å². The number of ether oxygens (including phenoxy) is 1. The van der Waals surface area contributed by atoms with Crippen LogP contribution in [0.4, 0.5) is 4.79 Å². The van der Waals surface area contributed by atoms with Gasteiger partial charge in [0.15, 0.2) is 0 Å². The van der Waals surface area contributed by atoms with Crippen LogP contribution >= 0.6 is 0 Å². The van der Waals surface area contributed by atoms with Gasteiger partial charge < -0.3 is 20.1 Å². The lowest BCUT2D eigenvalue weighted by Crippen LogP contribution is -2.44. The van der Waals surface area contributed by atoms with E-state index in [-0.39, 0.29) is 18.1 Å². The topological polar surface area (TPSA) is 91.8 Å². The summed E-state index contributed by atoms with van der Waals surface area (Å²) in [6.45, 7) is 1.30. The minimum Gasteiger partial charge on any atom is -0.497 e. The highest BCUT2D eigenvalue weighted by atomic mass is 16.5. The Bertz CT molecular complexity index is 805. The number of hydrogen-bond donors (Lipinski definition) is 2. The van der Waals surface area contributed by atoms with Gasteiger partial charge in [-0.25, -0.2) is 9.59 Å². The maximum Gasteiger partial charge on any atom is 0.336 e. The van der Waals surface area contributed by atoms with Crippen molar-refractivity contribution in [2.45, 2.75) is 19.4 Å². The molecule has 7 heteroatoms. The van der Waals surface area contributed by atoms with E-state index in [1.165, 1.54) is 12.3 Å². The minimum atomic E-state index is -0.995. The number of hydrogen-bond acceptors (Lipinski definition) is 4. The molecule has 0 atom stereocenters. The number of fused-ring (bicyclic) bond motifs is 1. The summed E-state index contributed by atoms with van der Waals surface area (Å²) in [5.74, 6) is -0.196. The number of carboxylic acids is 1. The van der Waals surface area contributed by atoms with Gasteiger partial charge in [-0.2, -0.15) is 0 Å². The van der Waals surface area contributed by atoms with E-state index in [9.17, 15) is 14.7 Å². The molecule has 2 amide bonds. The lowest BCUT2D eigenvalue weighted by Gasteiger charge is -2.29. The van der Waals surface area contributed by atoms with Crippen molar-refractivity contribution in [3.8, 4) is 5.75 Å². The third kappa shape index (κ3) is 3.93. The Hall–Kier alpha value is -3.09. The molecule has 0 bridgehead atoms. The van der Waals surface area contributed by atoms with Gasteiger partial charge in [0.1, 0.15) is 5.75 Å². The van der Waals surface area contributed by atoms with Crippen molar-refractivity contribution in [3.05, 3.63) is 58.9 Å². The minimum absolute atomic E-state index is 0.190. The van der Waals surface area contributed by atoms with Crippen LogP contribution < -0.4 is 10.1 Å². The molecule has 0 saturated carbocycles. The quantitative estimate of drug-likeness (QED) is 0.857. The average molecular weight is 355 g/mol. The Morgan fingerprint density at radius 1 is 1.27 bits per heavy atom. The molecule has 0 spiro atoms. The zero-order valence-electron chi connectivity index (χ0n) is 14.6. The molecule has 26 heavy (non-hydrogen) atoms. The number of pyridine rings is 1. The molecule has 3 rings (SSSR count). The number of methoxy groups -OCH3 is 1. The Balaban J connectivity index is 1.56. The highest BCUT2D eigenvalue weighted by Crippen LogP contribution is 2.21. The Morgan fingerprint density at radius 3 is 2.73 bits per heavy atom. The van der Waals surface area contributed by atoms with Crippen molar-refractivity contribution in [1.29, 1.82) is 0 Å². The van der Waals surface area contributed by atoms with Gasteiger partial charge in [0.05, 0.1) is 19.2 Å². The molecule has 2 aromatic rings. The van der Waals surface area contributed by atoms with E-state index in [1.54, 1.807) is 12.0 Å². The van der Waals surface area contributed by atoms with E-state index in [1.807, 2.05) is 24.3 Å². The monoisotopic (exact) mass is 355 g/mol. The van der Waals surface area contributed by atoms with E-state index < -0.39 is 5.97 Å². The summed E-state index contributed by atoms with van der Waals surface area (Å²) in [4.78, 5) is 29.6. The van der Waals surface area contributed by atoms with Gasteiger partial charge in [0, 0.05) is 37.0 Å². The van der Waals surface area contributed by atoms with Crippen molar-refractivity contribution in [3.63, 3.8) is 0 Å². The van der Waals surface area contributed by atoms with Crippen LogP contribution in [0.2, 0.25) is 0 Å². The van der Waals surface area contributed by atoms with Crippen molar-refractivity contribution in [1.82, 2.24) is 15.2 Å². The molecule has 0 radical (unpaired) electrons. The van der Waals surface area contributed by atoms with Gasteiger partial charge in [-0.3, -0.25) is 4.98 Å². The number of carboxylic acid groups (broad SMARTS) is 1. The van der Waals surface area contributed by atoms with E-state index in [4.69, 9.17) is 4.74 Å². The zero-order valence-corrected chi connectivity index (χ0v) is 14.6. The third-order valence-corrected chi connectivity index (χ3v) is 4.48. The Kier molecular flexibility index (Phi) is 5.36. The Morgan fingerprint density at radius 2 is 2.04 bits per heavy atom. The molecule has 1 aromatic carbocycles. The summed E-state index contributed by atoms with van der Waals surface area (Å²) >= 11 is 0. The molecule has 1 aliphatic heterocycles. The largest absolute Gasteiger partial charge is 0.497 e. The number of urea groups is 1. The van der Waals surface area contributed by atoms with E-state index >= 15 is 0 Å². The fourth-order valence-corrected chi connectivity index (χ4v) is 3.03. The number of amides is 2. The molecule has 136 valence electrons. The average Bonchev–Trinajstić information content (AvgIpc) is 2.67. The zero-order chi connectivity index (χ0) is 18.5. The lowest BCUT2D eigenvalue weighted by atomic mass is 10.0. The summed E-state index contributed by atoms with van der Waals surface area (Å²) in [5.41, 5.74) is 2.70. The number of nitrogens with one attached hydrogen (secondary N) is 1. The number of aromatic carboxylic acids is 1. The maximum atomic E-state index is 12.4. The SMILES string of the molecule is COc1ccc(CCNC(=O)N2CCc3nccc(C(=O)O)c3C2)cc1. The standard InChI is InChI=1S/C19H21N3O4/c1-26-14-4-2-13(3-5-14)6-9-21-19(25)22-11-8-17-16(12-22)15(18(23)24)7-10-20-17/h2-5,7,10H,6,8-9,11-12H2,1H3,(H,21,25)(H,23,24). The summed E-state index contributed by atoms with van der Waals surface area (Å²) in [6.07, 6.45) is 2.78. The number of nitrogens with zero attached hydrogens (tertiary/aromatic N) is 2. The summed E-state index contributed by atoms with van der Waals surface area (Å²) in [6, 6.07) is 8.99. The van der Waals surface area contributed by atoms with Crippen molar-refractivity contribution >= 4 is 12.0 Å². The molecule has 0 aliphatic carbocycles. The van der Waals surface area contributed by atoms with Crippen LogP contribution in [0.3, 0.4) is 0 Å². The maximum absolute atomic E-state index is 12.4. The van der Waals surface area contributed by atoms with Gasteiger partial charge in [0.2, 0.25) is 0 Å². The molecular formula is C19H21N3O4. The molecule has 1 aromatic heterocycles. The molecule has 2 N–H and O–H groups in total. The number of rotatable bonds is 5. The van der Waals surface area contributed by atoms with Gasteiger partial charge in [-0.15, -0.1) is 0 Å². The Labute approximate surface area is 151 Å².